The van der Waals surface area contributed by atoms with Gasteiger partial charge < -0.3 is 10.1 Å². The molecule has 23 heavy (non-hydrogen) atoms. The Morgan fingerprint density at radius 2 is 2.00 bits per heavy atom. The molecule has 0 aliphatic carbocycles. The van der Waals surface area contributed by atoms with E-state index in [1.807, 2.05) is 31.2 Å². The van der Waals surface area contributed by atoms with Gasteiger partial charge in [-0.1, -0.05) is 40.8 Å². The maximum Gasteiger partial charge on any atom is 0.413 e. The predicted octanol–water partition coefficient (Wildman–Crippen LogP) is 2.95. The average molecular weight is 352 g/mol. The normalized spacial score (nSPS) is 10.2. The Hall–Kier alpha value is -2.13. The molecule has 0 radical (unpaired) electrons. The van der Waals surface area contributed by atoms with Gasteiger partial charge in [0.25, 0.3) is 0 Å². The molecule has 1 aromatic heterocycles. The molecule has 0 unspecified atom stereocenters. The first-order valence-corrected chi connectivity index (χ1v) is 8.63. The zero-order valence-corrected chi connectivity index (χ0v) is 14.3. The molecule has 2 N–H and O–H groups in total. The Bertz CT molecular complexity index is 673. The molecule has 1 heterocycles. The minimum absolute atomic E-state index is 0.0674. The Morgan fingerprint density at radius 3 is 2.70 bits per heavy atom. The lowest BCUT2D eigenvalue weighted by Crippen LogP contribution is -2.32. The number of anilines is 2. The van der Waals surface area contributed by atoms with Gasteiger partial charge in [0.15, 0.2) is 4.34 Å². The van der Waals surface area contributed by atoms with Crippen molar-refractivity contribution in [2.75, 3.05) is 17.7 Å². The molecule has 1 aromatic carbocycles. The number of aryl methyl sites for hydroxylation is 1. The number of carbonyl (C=O) groups is 2. The van der Waals surface area contributed by atoms with Crippen molar-refractivity contribution in [2.24, 2.45) is 0 Å². The van der Waals surface area contributed by atoms with E-state index in [2.05, 4.69) is 25.6 Å². The molecule has 9 heteroatoms. The van der Waals surface area contributed by atoms with E-state index in [1.54, 1.807) is 6.92 Å². The number of benzene rings is 1. The molecule has 2 aromatic rings. The first kappa shape index (κ1) is 17.2. The van der Waals surface area contributed by atoms with E-state index in [4.69, 9.17) is 0 Å². The third kappa shape index (κ3) is 5.87. The number of rotatable bonds is 6. The second-order valence-corrected chi connectivity index (χ2v) is 6.62. The first-order chi connectivity index (χ1) is 11.1. The topological polar surface area (TPSA) is 93.2 Å². The molecule has 7 nitrogen and oxygen atoms in total. The summed E-state index contributed by atoms with van der Waals surface area (Å²) in [6.45, 7) is 3.91. The summed E-state index contributed by atoms with van der Waals surface area (Å²) in [4.78, 5) is 22.6. The maximum atomic E-state index is 11.5. The SMILES string of the molecule is CCOC(=O)NC(=O)CSc1nnc(Nc2ccc(C)cc2)s1. The third-order valence-corrected chi connectivity index (χ3v) is 4.52. The molecule has 0 saturated heterocycles. The lowest BCUT2D eigenvalue weighted by atomic mass is 10.2. The predicted molar refractivity (Wildman–Crippen MR) is 90.3 cm³/mol. The molecule has 0 atom stereocenters. The minimum Gasteiger partial charge on any atom is -0.450 e. The Labute approximate surface area is 141 Å². The van der Waals surface area contributed by atoms with Crippen molar-refractivity contribution < 1.29 is 14.3 Å². The van der Waals surface area contributed by atoms with Crippen LogP contribution < -0.4 is 10.6 Å². The maximum absolute atomic E-state index is 11.5. The van der Waals surface area contributed by atoms with Crippen molar-refractivity contribution in [1.29, 1.82) is 0 Å². The second kappa shape index (κ2) is 8.49. The van der Waals surface area contributed by atoms with Crippen molar-refractivity contribution in [3.8, 4) is 0 Å². The summed E-state index contributed by atoms with van der Waals surface area (Å²) in [7, 11) is 0. The van der Waals surface area contributed by atoms with Gasteiger partial charge in [-0.25, -0.2) is 4.79 Å². The molecule has 0 aliphatic heterocycles. The number of aromatic nitrogens is 2. The van der Waals surface area contributed by atoms with Crippen molar-refractivity contribution in [1.82, 2.24) is 15.5 Å². The molecule has 0 saturated carbocycles. The highest BCUT2D eigenvalue weighted by Gasteiger charge is 2.11. The summed E-state index contributed by atoms with van der Waals surface area (Å²) in [6, 6.07) is 7.91. The Balaban J connectivity index is 1.81. The number of hydrogen-bond donors (Lipinski definition) is 2. The quantitative estimate of drug-likeness (QED) is 0.772. The van der Waals surface area contributed by atoms with Crippen molar-refractivity contribution in [2.45, 2.75) is 18.2 Å². The van der Waals surface area contributed by atoms with E-state index in [1.165, 1.54) is 28.7 Å². The number of carbonyl (C=O) groups excluding carboxylic acids is 2. The van der Waals surface area contributed by atoms with Crippen LogP contribution in [0.25, 0.3) is 0 Å². The van der Waals surface area contributed by atoms with Crippen LogP contribution in [0.5, 0.6) is 0 Å². The van der Waals surface area contributed by atoms with Gasteiger partial charge in [-0.2, -0.15) is 0 Å². The molecule has 0 fully saturated rings. The summed E-state index contributed by atoms with van der Waals surface area (Å²) < 4.78 is 5.27. The number of thioether (sulfide) groups is 1. The fraction of sp³-hybridized carbons (Fsp3) is 0.286. The number of nitrogens with zero attached hydrogens (tertiary/aromatic N) is 2. The van der Waals surface area contributed by atoms with E-state index in [-0.39, 0.29) is 12.4 Å². The fourth-order valence-corrected chi connectivity index (χ4v) is 3.10. The van der Waals surface area contributed by atoms with Crippen LogP contribution in [0, 0.1) is 6.92 Å². The molecule has 0 spiro atoms. The van der Waals surface area contributed by atoms with Crippen molar-refractivity contribution in [3.05, 3.63) is 29.8 Å². The number of ether oxygens (including phenoxy) is 1. The molecule has 0 bridgehead atoms. The van der Waals surface area contributed by atoms with Crippen LogP contribution in [0.3, 0.4) is 0 Å². The third-order valence-electron chi connectivity index (χ3n) is 2.55. The van der Waals surface area contributed by atoms with Gasteiger partial charge in [0.05, 0.1) is 12.4 Å². The molecule has 2 rings (SSSR count). The Kier molecular flexibility index (Phi) is 6.36. The number of hydrogen-bond acceptors (Lipinski definition) is 8. The van der Waals surface area contributed by atoms with Crippen LogP contribution in [0.1, 0.15) is 12.5 Å². The number of imide groups is 1. The summed E-state index contributed by atoms with van der Waals surface area (Å²) in [5.41, 5.74) is 2.10. The molecule has 0 aliphatic rings. The molecular formula is C14H16N4O3S2. The summed E-state index contributed by atoms with van der Waals surface area (Å²) in [6.07, 6.45) is -0.739. The highest BCUT2D eigenvalue weighted by Crippen LogP contribution is 2.27. The average Bonchev–Trinajstić information content (AvgIpc) is 2.95. The van der Waals surface area contributed by atoms with Gasteiger partial charge in [-0.3, -0.25) is 10.1 Å². The van der Waals surface area contributed by atoms with Crippen LogP contribution in [-0.2, 0) is 9.53 Å². The van der Waals surface area contributed by atoms with Crippen molar-refractivity contribution >= 4 is 45.9 Å². The fourth-order valence-electron chi connectivity index (χ4n) is 1.52. The summed E-state index contributed by atoms with van der Waals surface area (Å²) >= 11 is 2.54. The smallest absolute Gasteiger partial charge is 0.413 e. The zero-order chi connectivity index (χ0) is 16.7. The number of nitrogens with one attached hydrogen (secondary N) is 2. The molecule has 2 amide bonds. The molecule has 122 valence electrons. The van der Waals surface area contributed by atoms with Gasteiger partial charge in [-0.05, 0) is 26.0 Å². The van der Waals surface area contributed by atoms with Gasteiger partial charge in [0.1, 0.15) is 0 Å². The van der Waals surface area contributed by atoms with Crippen LogP contribution in [0.2, 0.25) is 0 Å². The van der Waals surface area contributed by atoms with Gasteiger partial charge in [0, 0.05) is 5.69 Å². The minimum atomic E-state index is -0.739. The van der Waals surface area contributed by atoms with Crippen LogP contribution in [0.4, 0.5) is 15.6 Å². The number of amides is 2. The lowest BCUT2D eigenvalue weighted by molar-refractivity contribution is -0.117. The van der Waals surface area contributed by atoms with Gasteiger partial charge >= 0.3 is 6.09 Å². The largest absolute Gasteiger partial charge is 0.450 e. The summed E-state index contributed by atoms with van der Waals surface area (Å²) in [5.74, 6) is -0.366. The highest BCUT2D eigenvalue weighted by atomic mass is 32.2. The number of alkyl carbamates (subject to hydrolysis) is 1. The zero-order valence-electron chi connectivity index (χ0n) is 12.7. The second-order valence-electron chi connectivity index (χ2n) is 4.42. The Morgan fingerprint density at radius 1 is 1.26 bits per heavy atom. The van der Waals surface area contributed by atoms with E-state index < -0.39 is 12.0 Å². The van der Waals surface area contributed by atoms with Crippen molar-refractivity contribution in [3.63, 3.8) is 0 Å². The van der Waals surface area contributed by atoms with E-state index in [9.17, 15) is 9.59 Å². The first-order valence-electron chi connectivity index (χ1n) is 6.83. The van der Waals surface area contributed by atoms with Gasteiger partial charge in [0.2, 0.25) is 11.0 Å². The van der Waals surface area contributed by atoms with E-state index in [0.29, 0.717) is 9.47 Å². The van der Waals surface area contributed by atoms with Crippen LogP contribution >= 0.6 is 23.1 Å². The van der Waals surface area contributed by atoms with Crippen LogP contribution in [-0.4, -0.2) is 34.6 Å². The van der Waals surface area contributed by atoms with E-state index >= 15 is 0 Å². The molecular weight excluding hydrogens is 336 g/mol. The van der Waals surface area contributed by atoms with Crippen LogP contribution in [0.15, 0.2) is 28.6 Å². The summed E-state index contributed by atoms with van der Waals surface area (Å²) in [5, 5.41) is 13.9. The van der Waals surface area contributed by atoms with Gasteiger partial charge in [-0.15, -0.1) is 10.2 Å². The lowest BCUT2D eigenvalue weighted by Gasteiger charge is -2.02. The highest BCUT2D eigenvalue weighted by molar-refractivity contribution is 8.01. The standard InChI is InChI=1S/C14H16N4O3S2/c1-3-21-13(20)16-11(19)8-22-14-18-17-12(23-14)15-10-6-4-9(2)5-7-10/h4-7H,3,8H2,1-2H3,(H,15,17)(H,16,19,20). The monoisotopic (exact) mass is 352 g/mol. The van der Waals surface area contributed by atoms with E-state index in [0.717, 1.165) is 5.69 Å².